The molecule has 0 saturated heterocycles. The van der Waals surface area contributed by atoms with Crippen LogP contribution in [0.1, 0.15) is 30.9 Å². The summed E-state index contributed by atoms with van der Waals surface area (Å²) in [7, 11) is 0. The number of hydrogen-bond donors (Lipinski definition) is 2. The predicted molar refractivity (Wildman–Crippen MR) is 81.7 cm³/mol. The van der Waals surface area contributed by atoms with Gasteiger partial charge in [-0.2, -0.15) is 5.26 Å². The molecule has 3 aromatic rings. The number of aromatic nitrogens is 3. The van der Waals surface area contributed by atoms with Gasteiger partial charge in [-0.05, 0) is 30.7 Å². The minimum atomic E-state index is 0.0267. The van der Waals surface area contributed by atoms with Gasteiger partial charge in [-0.15, -0.1) is 0 Å². The van der Waals surface area contributed by atoms with Gasteiger partial charge < -0.3 is 10.3 Å². The Kier molecular flexibility index (Phi) is 3.52. The zero-order valence-corrected chi connectivity index (χ0v) is 11.7. The molecule has 2 heterocycles. The van der Waals surface area contributed by atoms with Gasteiger partial charge in [-0.25, -0.2) is 9.97 Å². The van der Waals surface area contributed by atoms with Crippen molar-refractivity contribution in [2.24, 2.45) is 0 Å². The maximum atomic E-state index is 8.91. The average molecular weight is 277 g/mol. The van der Waals surface area contributed by atoms with Crippen molar-refractivity contribution in [1.29, 1.82) is 5.26 Å². The van der Waals surface area contributed by atoms with Gasteiger partial charge in [0.15, 0.2) is 0 Å². The Morgan fingerprint density at radius 1 is 1.19 bits per heavy atom. The van der Waals surface area contributed by atoms with Crippen molar-refractivity contribution < 1.29 is 0 Å². The molecule has 0 fully saturated rings. The van der Waals surface area contributed by atoms with Crippen LogP contribution in [0.2, 0.25) is 0 Å². The summed E-state index contributed by atoms with van der Waals surface area (Å²) in [6.07, 6.45) is 0.859. The second kappa shape index (κ2) is 5.63. The third kappa shape index (κ3) is 2.70. The van der Waals surface area contributed by atoms with Crippen molar-refractivity contribution in [3.63, 3.8) is 0 Å². The SMILES string of the molecule is CCC(Nc1cccc(C#N)n1)c1nc2ccccc2[nH]1. The average Bonchev–Trinajstić information content (AvgIpc) is 2.96. The smallest absolute Gasteiger partial charge is 0.142 e. The Bertz CT molecular complexity index is 767. The molecule has 104 valence electrons. The van der Waals surface area contributed by atoms with Crippen LogP contribution in [0.5, 0.6) is 0 Å². The fraction of sp³-hybridized carbons (Fsp3) is 0.188. The maximum absolute atomic E-state index is 8.91. The van der Waals surface area contributed by atoms with Crippen LogP contribution in [0.3, 0.4) is 0 Å². The lowest BCUT2D eigenvalue weighted by Gasteiger charge is -2.15. The molecule has 0 aliphatic heterocycles. The van der Waals surface area contributed by atoms with E-state index < -0.39 is 0 Å². The topological polar surface area (TPSA) is 77.4 Å². The van der Waals surface area contributed by atoms with E-state index in [4.69, 9.17) is 5.26 Å². The summed E-state index contributed by atoms with van der Waals surface area (Å²) in [6.45, 7) is 2.08. The first-order chi connectivity index (χ1) is 10.3. The molecule has 2 aromatic heterocycles. The number of anilines is 1. The molecule has 0 radical (unpaired) electrons. The van der Waals surface area contributed by atoms with Crippen LogP contribution >= 0.6 is 0 Å². The van der Waals surface area contributed by atoms with Crippen molar-refractivity contribution in [3.8, 4) is 6.07 Å². The van der Waals surface area contributed by atoms with Gasteiger partial charge in [-0.1, -0.05) is 25.1 Å². The van der Waals surface area contributed by atoms with E-state index in [1.165, 1.54) is 0 Å². The number of pyridine rings is 1. The lowest BCUT2D eigenvalue weighted by molar-refractivity contribution is 0.703. The number of hydrogen-bond acceptors (Lipinski definition) is 4. The fourth-order valence-electron chi connectivity index (χ4n) is 2.26. The van der Waals surface area contributed by atoms with Crippen LogP contribution in [0.15, 0.2) is 42.5 Å². The van der Waals surface area contributed by atoms with Gasteiger partial charge in [0.25, 0.3) is 0 Å². The van der Waals surface area contributed by atoms with E-state index >= 15 is 0 Å². The Balaban J connectivity index is 1.89. The summed E-state index contributed by atoms with van der Waals surface area (Å²) in [5.41, 5.74) is 2.37. The summed E-state index contributed by atoms with van der Waals surface area (Å²) in [5, 5.41) is 12.2. The number of fused-ring (bicyclic) bond motifs is 1. The van der Waals surface area contributed by atoms with Crippen molar-refractivity contribution >= 4 is 16.9 Å². The summed E-state index contributed by atoms with van der Waals surface area (Å²) < 4.78 is 0. The zero-order valence-electron chi connectivity index (χ0n) is 11.7. The first-order valence-electron chi connectivity index (χ1n) is 6.88. The molecule has 0 bridgehead atoms. The largest absolute Gasteiger partial charge is 0.360 e. The number of para-hydroxylation sites is 2. The summed E-state index contributed by atoms with van der Waals surface area (Å²) in [6, 6.07) is 15.4. The van der Waals surface area contributed by atoms with Gasteiger partial charge >= 0.3 is 0 Å². The molecular formula is C16H15N5. The molecule has 0 aliphatic rings. The van der Waals surface area contributed by atoms with E-state index in [0.717, 1.165) is 23.3 Å². The quantitative estimate of drug-likeness (QED) is 0.766. The van der Waals surface area contributed by atoms with Crippen LogP contribution in [0.25, 0.3) is 11.0 Å². The molecule has 2 N–H and O–H groups in total. The number of benzene rings is 1. The highest BCUT2D eigenvalue weighted by atomic mass is 15.1. The number of rotatable bonds is 4. The van der Waals surface area contributed by atoms with Crippen molar-refractivity contribution in [2.75, 3.05) is 5.32 Å². The number of nitriles is 1. The molecule has 3 rings (SSSR count). The molecule has 0 aliphatic carbocycles. The molecular weight excluding hydrogens is 262 g/mol. The van der Waals surface area contributed by atoms with E-state index in [0.29, 0.717) is 11.5 Å². The van der Waals surface area contributed by atoms with Crippen LogP contribution in [-0.4, -0.2) is 15.0 Å². The third-order valence-electron chi connectivity index (χ3n) is 3.33. The van der Waals surface area contributed by atoms with Gasteiger partial charge in [0.1, 0.15) is 23.4 Å². The summed E-state index contributed by atoms with van der Waals surface area (Å²) >= 11 is 0. The Hall–Kier alpha value is -2.87. The first kappa shape index (κ1) is 13.1. The van der Waals surface area contributed by atoms with E-state index in [1.54, 1.807) is 6.07 Å². The van der Waals surface area contributed by atoms with Gasteiger partial charge in [0.05, 0.1) is 17.1 Å². The monoisotopic (exact) mass is 277 g/mol. The van der Waals surface area contributed by atoms with Gasteiger partial charge in [-0.3, -0.25) is 0 Å². The number of H-pyrrole nitrogens is 1. The summed E-state index contributed by atoms with van der Waals surface area (Å²) in [5.74, 6) is 1.56. The first-order valence-corrected chi connectivity index (χ1v) is 6.88. The third-order valence-corrected chi connectivity index (χ3v) is 3.33. The number of imidazole rings is 1. The molecule has 21 heavy (non-hydrogen) atoms. The van der Waals surface area contributed by atoms with Crippen LogP contribution < -0.4 is 5.32 Å². The molecule has 0 spiro atoms. The highest BCUT2D eigenvalue weighted by Crippen LogP contribution is 2.22. The Morgan fingerprint density at radius 2 is 2.05 bits per heavy atom. The highest BCUT2D eigenvalue weighted by Gasteiger charge is 2.14. The highest BCUT2D eigenvalue weighted by molar-refractivity contribution is 5.74. The maximum Gasteiger partial charge on any atom is 0.142 e. The Labute approximate surface area is 122 Å². The number of aromatic amines is 1. The van der Waals surface area contributed by atoms with E-state index in [9.17, 15) is 0 Å². The minimum Gasteiger partial charge on any atom is -0.360 e. The van der Waals surface area contributed by atoms with Crippen LogP contribution in [0, 0.1) is 11.3 Å². The van der Waals surface area contributed by atoms with Crippen LogP contribution in [-0.2, 0) is 0 Å². The summed E-state index contributed by atoms with van der Waals surface area (Å²) in [4.78, 5) is 12.2. The zero-order chi connectivity index (χ0) is 14.7. The van der Waals surface area contributed by atoms with Crippen molar-refractivity contribution in [1.82, 2.24) is 15.0 Å². The number of nitrogens with zero attached hydrogens (tertiary/aromatic N) is 3. The molecule has 1 unspecified atom stereocenters. The fourth-order valence-corrected chi connectivity index (χ4v) is 2.26. The second-order valence-electron chi connectivity index (χ2n) is 4.76. The predicted octanol–water partition coefficient (Wildman–Crippen LogP) is 3.39. The molecule has 0 saturated carbocycles. The lowest BCUT2D eigenvalue weighted by atomic mass is 10.2. The molecule has 5 heteroatoms. The molecule has 1 atom stereocenters. The van der Waals surface area contributed by atoms with E-state index in [-0.39, 0.29) is 6.04 Å². The van der Waals surface area contributed by atoms with Crippen molar-refractivity contribution in [3.05, 3.63) is 54.0 Å². The molecule has 0 amide bonds. The van der Waals surface area contributed by atoms with E-state index in [2.05, 4.69) is 27.2 Å². The second-order valence-corrected chi connectivity index (χ2v) is 4.76. The lowest BCUT2D eigenvalue weighted by Crippen LogP contribution is -2.12. The normalized spacial score (nSPS) is 12.0. The minimum absolute atomic E-state index is 0.0267. The Morgan fingerprint density at radius 3 is 2.81 bits per heavy atom. The standard InChI is InChI=1S/C16H15N5/c1-2-12(19-15-9-5-6-11(10-17)18-15)16-20-13-7-3-4-8-14(13)21-16/h3-9,12H,2H2,1H3,(H,18,19)(H,20,21). The van der Waals surface area contributed by atoms with Gasteiger partial charge in [0.2, 0.25) is 0 Å². The molecule has 5 nitrogen and oxygen atoms in total. The van der Waals surface area contributed by atoms with Crippen molar-refractivity contribution in [2.45, 2.75) is 19.4 Å². The molecule has 1 aromatic carbocycles. The van der Waals surface area contributed by atoms with E-state index in [1.807, 2.05) is 42.5 Å². The van der Waals surface area contributed by atoms with Crippen LogP contribution in [0.4, 0.5) is 5.82 Å². The van der Waals surface area contributed by atoms with Gasteiger partial charge in [0, 0.05) is 0 Å². The number of nitrogens with one attached hydrogen (secondary N) is 2.